The Labute approximate surface area is 177 Å². The number of fused-ring (bicyclic) bond motifs is 1. The molecular weight excluding hydrogens is 378 g/mol. The van der Waals surface area contributed by atoms with Gasteiger partial charge in [-0.3, -0.25) is 4.79 Å². The van der Waals surface area contributed by atoms with Gasteiger partial charge in [-0.05, 0) is 51.3 Å². The molecule has 0 fully saturated rings. The van der Waals surface area contributed by atoms with E-state index in [1.807, 2.05) is 36.4 Å². The van der Waals surface area contributed by atoms with Crippen molar-refractivity contribution in [3.63, 3.8) is 0 Å². The smallest absolute Gasteiger partial charge is 0.257 e. The molecule has 0 spiro atoms. The van der Waals surface area contributed by atoms with Crippen LogP contribution in [-0.4, -0.2) is 67.0 Å². The third kappa shape index (κ3) is 5.24. The molecule has 1 amide bonds. The molecule has 3 rings (SSSR count). The number of carbonyl (C=O) groups excluding carboxylic acids is 1. The number of carbonyl (C=O) groups is 1. The number of anilines is 1. The molecule has 0 radical (unpaired) electrons. The van der Waals surface area contributed by atoms with Crippen LogP contribution >= 0.6 is 0 Å². The van der Waals surface area contributed by atoms with Crippen molar-refractivity contribution in [2.75, 3.05) is 46.7 Å². The SMILES string of the molecule is COc1ccccc1C(=O)N(C)Cc1nc(NCCCN(C)C)c2ccccc2n1. The van der Waals surface area contributed by atoms with Gasteiger partial charge in [-0.2, -0.15) is 0 Å². The Bertz CT molecular complexity index is 1010. The van der Waals surface area contributed by atoms with Crippen molar-refractivity contribution in [2.24, 2.45) is 0 Å². The zero-order valence-electron chi connectivity index (χ0n) is 18.1. The van der Waals surface area contributed by atoms with Crippen LogP contribution in [0.2, 0.25) is 0 Å². The van der Waals surface area contributed by atoms with E-state index in [1.54, 1.807) is 31.2 Å². The van der Waals surface area contributed by atoms with Crippen LogP contribution in [-0.2, 0) is 6.54 Å². The number of hydrogen-bond donors (Lipinski definition) is 1. The first-order valence-electron chi connectivity index (χ1n) is 10.0. The molecule has 0 aliphatic carbocycles. The molecule has 0 aliphatic rings. The Hall–Kier alpha value is -3.19. The Morgan fingerprint density at radius 2 is 1.77 bits per heavy atom. The van der Waals surface area contributed by atoms with E-state index >= 15 is 0 Å². The number of hydrogen-bond acceptors (Lipinski definition) is 6. The average Bonchev–Trinajstić information content (AvgIpc) is 2.75. The van der Waals surface area contributed by atoms with Crippen LogP contribution in [0.25, 0.3) is 10.9 Å². The first-order chi connectivity index (χ1) is 14.5. The zero-order chi connectivity index (χ0) is 21.5. The quantitative estimate of drug-likeness (QED) is 0.549. The molecule has 30 heavy (non-hydrogen) atoms. The summed E-state index contributed by atoms with van der Waals surface area (Å²) in [6.45, 7) is 2.11. The van der Waals surface area contributed by atoms with Gasteiger partial charge in [0.2, 0.25) is 0 Å². The van der Waals surface area contributed by atoms with Crippen LogP contribution in [0.1, 0.15) is 22.6 Å². The molecule has 158 valence electrons. The topological polar surface area (TPSA) is 70.6 Å². The van der Waals surface area contributed by atoms with Crippen molar-refractivity contribution < 1.29 is 9.53 Å². The predicted molar refractivity (Wildman–Crippen MR) is 120 cm³/mol. The molecule has 0 bridgehead atoms. The maximum atomic E-state index is 12.9. The molecule has 1 heterocycles. The summed E-state index contributed by atoms with van der Waals surface area (Å²) >= 11 is 0. The fourth-order valence-electron chi connectivity index (χ4n) is 3.24. The lowest BCUT2D eigenvalue weighted by atomic mass is 10.1. The lowest BCUT2D eigenvalue weighted by molar-refractivity contribution is 0.0778. The van der Waals surface area contributed by atoms with E-state index in [1.165, 1.54) is 0 Å². The standard InChI is InChI=1S/C23H29N5O2/c1-27(2)15-9-14-24-22-17-10-5-7-12-19(17)25-21(26-22)16-28(3)23(29)18-11-6-8-13-20(18)30-4/h5-8,10-13H,9,14-16H2,1-4H3,(H,24,25,26). The zero-order valence-corrected chi connectivity index (χ0v) is 18.1. The minimum absolute atomic E-state index is 0.135. The van der Waals surface area contributed by atoms with Gasteiger partial charge in [-0.15, -0.1) is 0 Å². The molecule has 1 aromatic heterocycles. The van der Waals surface area contributed by atoms with Crippen molar-refractivity contribution in [2.45, 2.75) is 13.0 Å². The third-order valence-corrected chi connectivity index (χ3v) is 4.79. The first kappa shape index (κ1) is 21.5. The number of ether oxygens (including phenoxy) is 1. The van der Waals surface area contributed by atoms with E-state index in [9.17, 15) is 4.79 Å². The van der Waals surface area contributed by atoms with Crippen LogP contribution in [0.4, 0.5) is 5.82 Å². The number of nitrogens with zero attached hydrogens (tertiary/aromatic N) is 4. The van der Waals surface area contributed by atoms with Crippen molar-refractivity contribution in [1.82, 2.24) is 19.8 Å². The summed E-state index contributed by atoms with van der Waals surface area (Å²) in [6, 6.07) is 15.1. The number of benzene rings is 2. The van der Waals surface area contributed by atoms with Crippen molar-refractivity contribution in [3.8, 4) is 5.75 Å². The van der Waals surface area contributed by atoms with E-state index in [4.69, 9.17) is 9.72 Å². The highest BCUT2D eigenvalue weighted by molar-refractivity contribution is 5.96. The first-order valence-corrected chi connectivity index (χ1v) is 10.0. The molecule has 0 aliphatic heterocycles. The molecule has 3 aromatic rings. The molecule has 0 saturated carbocycles. The highest BCUT2D eigenvalue weighted by atomic mass is 16.5. The minimum atomic E-state index is -0.135. The van der Waals surface area contributed by atoms with Crippen molar-refractivity contribution in [1.29, 1.82) is 0 Å². The normalized spacial score (nSPS) is 11.0. The van der Waals surface area contributed by atoms with Crippen molar-refractivity contribution >= 4 is 22.6 Å². The van der Waals surface area contributed by atoms with Gasteiger partial charge in [0, 0.05) is 19.0 Å². The summed E-state index contributed by atoms with van der Waals surface area (Å²) in [4.78, 5) is 26.1. The fourth-order valence-corrected chi connectivity index (χ4v) is 3.24. The van der Waals surface area contributed by atoms with Crippen LogP contribution < -0.4 is 10.1 Å². The van der Waals surface area contributed by atoms with Crippen LogP contribution in [0.3, 0.4) is 0 Å². The van der Waals surface area contributed by atoms with Gasteiger partial charge in [0.1, 0.15) is 11.6 Å². The van der Waals surface area contributed by atoms with Gasteiger partial charge in [-0.25, -0.2) is 9.97 Å². The predicted octanol–water partition coefficient (Wildman–Crippen LogP) is 3.27. The molecule has 0 saturated heterocycles. The Morgan fingerprint density at radius 1 is 1.03 bits per heavy atom. The summed E-state index contributed by atoms with van der Waals surface area (Å²) in [6.07, 6.45) is 1.01. The Morgan fingerprint density at radius 3 is 2.53 bits per heavy atom. The molecule has 7 nitrogen and oxygen atoms in total. The van der Waals surface area contributed by atoms with Gasteiger partial charge in [0.25, 0.3) is 5.91 Å². The molecule has 1 N–H and O–H groups in total. The van der Waals surface area contributed by atoms with Crippen LogP contribution in [0.15, 0.2) is 48.5 Å². The van der Waals surface area contributed by atoms with Crippen LogP contribution in [0, 0.1) is 0 Å². The average molecular weight is 408 g/mol. The Kier molecular flexibility index (Phi) is 7.19. The second-order valence-electron chi connectivity index (χ2n) is 7.45. The summed E-state index contributed by atoms with van der Waals surface area (Å²) in [5.74, 6) is 1.81. The number of rotatable bonds is 9. The maximum absolute atomic E-state index is 12.9. The van der Waals surface area contributed by atoms with E-state index < -0.39 is 0 Å². The van der Waals surface area contributed by atoms with Gasteiger partial charge in [0.05, 0.1) is 24.7 Å². The summed E-state index contributed by atoms with van der Waals surface area (Å²) in [5, 5.41) is 4.41. The largest absolute Gasteiger partial charge is 0.496 e. The lowest BCUT2D eigenvalue weighted by Crippen LogP contribution is -2.27. The number of methoxy groups -OCH3 is 1. The summed E-state index contributed by atoms with van der Waals surface area (Å²) < 4.78 is 5.32. The van der Waals surface area contributed by atoms with E-state index in [0.717, 1.165) is 36.2 Å². The highest BCUT2D eigenvalue weighted by Gasteiger charge is 2.18. The maximum Gasteiger partial charge on any atom is 0.257 e. The van der Waals surface area contributed by atoms with E-state index in [0.29, 0.717) is 23.7 Å². The fraction of sp³-hybridized carbons (Fsp3) is 0.348. The molecular formula is C23H29N5O2. The number of amides is 1. The Balaban J connectivity index is 1.80. The third-order valence-electron chi connectivity index (χ3n) is 4.79. The molecule has 0 unspecified atom stereocenters. The summed E-state index contributed by atoms with van der Waals surface area (Å²) in [7, 11) is 7.43. The van der Waals surface area contributed by atoms with Gasteiger partial charge in [-0.1, -0.05) is 24.3 Å². The lowest BCUT2D eigenvalue weighted by Gasteiger charge is -2.19. The second kappa shape index (κ2) is 10.0. The summed E-state index contributed by atoms with van der Waals surface area (Å²) in [5.41, 5.74) is 1.38. The second-order valence-corrected chi connectivity index (χ2v) is 7.45. The van der Waals surface area contributed by atoms with Gasteiger partial charge < -0.3 is 19.9 Å². The molecule has 0 atom stereocenters. The van der Waals surface area contributed by atoms with Crippen LogP contribution in [0.5, 0.6) is 5.75 Å². The van der Waals surface area contributed by atoms with E-state index in [-0.39, 0.29) is 5.91 Å². The monoisotopic (exact) mass is 407 g/mol. The van der Waals surface area contributed by atoms with E-state index in [2.05, 4.69) is 29.3 Å². The molecule has 2 aromatic carbocycles. The minimum Gasteiger partial charge on any atom is -0.496 e. The molecule has 7 heteroatoms. The van der Waals surface area contributed by atoms with Gasteiger partial charge >= 0.3 is 0 Å². The number of para-hydroxylation sites is 2. The number of aromatic nitrogens is 2. The van der Waals surface area contributed by atoms with Crippen molar-refractivity contribution in [3.05, 3.63) is 59.9 Å². The highest BCUT2D eigenvalue weighted by Crippen LogP contribution is 2.22. The number of nitrogens with one attached hydrogen (secondary N) is 1. The van der Waals surface area contributed by atoms with Gasteiger partial charge in [0.15, 0.2) is 5.82 Å².